The van der Waals surface area contributed by atoms with Crippen LogP contribution >= 0.6 is 0 Å². The molecule has 2 spiro atoms. The number of rotatable bonds is 4. The van der Waals surface area contributed by atoms with Crippen LogP contribution < -0.4 is 0 Å². The van der Waals surface area contributed by atoms with Crippen molar-refractivity contribution in [3.8, 4) is 0 Å². The van der Waals surface area contributed by atoms with Gasteiger partial charge in [0.15, 0.2) is 11.5 Å². The summed E-state index contributed by atoms with van der Waals surface area (Å²) in [6.07, 6.45) is 12.0. The van der Waals surface area contributed by atoms with Gasteiger partial charge in [-0.1, -0.05) is 6.07 Å². The normalized spacial score (nSPS) is 25.3. The van der Waals surface area contributed by atoms with E-state index in [2.05, 4.69) is 42.3 Å². The Labute approximate surface area is 197 Å². The number of hydrogen-bond acceptors (Lipinski definition) is 5. The summed E-state index contributed by atoms with van der Waals surface area (Å²) in [7, 11) is 0. The summed E-state index contributed by atoms with van der Waals surface area (Å²) in [6, 6.07) is 4.47. The van der Waals surface area contributed by atoms with Crippen LogP contribution in [0.3, 0.4) is 0 Å². The highest BCUT2D eigenvalue weighted by Crippen LogP contribution is 2.57. The van der Waals surface area contributed by atoms with Gasteiger partial charge in [-0.3, -0.25) is 5.10 Å². The number of carbonyl (C=O) groups excluding carboxylic acids is 1. The fraction of sp³-hybridized carbons (Fsp3) is 0.640. The Hall–Kier alpha value is -2.97. The maximum Gasteiger partial charge on any atom is 0.320 e. The van der Waals surface area contributed by atoms with E-state index in [1.54, 1.807) is 6.33 Å². The largest absolute Gasteiger partial charge is 0.323 e. The molecule has 3 aromatic heterocycles. The van der Waals surface area contributed by atoms with E-state index in [9.17, 15) is 4.79 Å². The summed E-state index contributed by atoms with van der Waals surface area (Å²) in [6.45, 7) is 3.72. The molecule has 0 aromatic carbocycles. The zero-order valence-electron chi connectivity index (χ0n) is 19.4. The van der Waals surface area contributed by atoms with E-state index in [4.69, 9.17) is 4.98 Å². The molecule has 3 aromatic rings. The molecule has 8 rings (SSSR count). The lowest BCUT2D eigenvalue weighted by atomic mass is 9.56. The SMILES string of the molecule is O=C(N1CC2(CC(Cc3ccc4ncnn4c3)C2)C1)N1CC2(CC(c3n[nH]c(C4CC4)n3)C2)C1. The van der Waals surface area contributed by atoms with Gasteiger partial charge in [-0.2, -0.15) is 10.2 Å². The molecule has 2 saturated heterocycles. The number of nitrogens with one attached hydrogen (secondary N) is 1. The van der Waals surface area contributed by atoms with Crippen LogP contribution in [0, 0.1) is 16.7 Å². The summed E-state index contributed by atoms with van der Waals surface area (Å²) in [5.74, 6) is 3.91. The molecule has 9 nitrogen and oxygen atoms in total. The van der Waals surface area contributed by atoms with Crippen molar-refractivity contribution in [3.63, 3.8) is 0 Å². The maximum absolute atomic E-state index is 13.0. The molecule has 34 heavy (non-hydrogen) atoms. The van der Waals surface area contributed by atoms with Crippen molar-refractivity contribution >= 4 is 11.7 Å². The van der Waals surface area contributed by atoms with Crippen LogP contribution in [0.2, 0.25) is 0 Å². The molecule has 5 aliphatic rings. The van der Waals surface area contributed by atoms with Crippen LogP contribution in [0.5, 0.6) is 0 Å². The highest BCUT2D eigenvalue weighted by atomic mass is 16.2. The second-order valence-corrected chi connectivity index (χ2v) is 12.0. The minimum Gasteiger partial charge on any atom is -0.323 e. The summed E-state index contributed by atoms with van der Waals surface area (Å²) in [5.41, 5.74) is 2.93. The number of aromatic nitrogens is 6. The van der Waals surface area contributed by atoms with Gasteiger partial charge in [0, 0.05) is 55.0 Å². The van der Waals surface area contributed by atoms with Crippen molar-refractivity contribution in [1.29, 1.82) is 0 Å². The Kier molecular flexibility index (Phi) is 3.74. The van der Waals surface area contributed by atoms with Crippen LogP contribution in [0.1, 0.15) is 67.6 Å². The zero-order valence-corrected chi connectivity index (χ0v) is 19.4. The van der Waals surface area contributed by atoms with Crippen molar-refractivity contribution < 1.29 is 4.79 Å². The predicted octanol–water partition coefficient (Wildman–Crippen LogP) is 2.98. The molecule has 0 unspecified atom stereocenters. The fourth-order valence-electron chi connectivity index (χ4n) is 7.31. The number of likely N-dealkylation sites (tertiary alicyclic amines) is 2. The lowest BCUT2D eigenvalue weighted by Gasteiger charge is -2.63. The van der Waals surface area contributed by atoms with E-state index in [1.807, 2.05) is 10.6 Å². The van der Waals surface area contributed by atoms with Gasteiger partial charge in [-0.15, -0.1) is 0 Å². The second-order valence-electron chi connectivity index (χ2n) is 12.0. The van der Waals surface area contributed by atoms with Gasteiger partial charge in [-0.05, 0) is 62.5 Å². The van der Waals surface area contributed by atoms with Gasteiger partial charge >= 0.3 is 6.03 Å². The molecule has 2 amide bonds. The minimum absolute atomic E-state index is 0.258. The molecule has 3 aliphatic carbocycles. The molecule has 0 radical (unpaired) electrons. The molecule has 176 valence electrons. The van der Waals surface area contributed by atoms with Crippen molar-refractivity contribution in [2.45, 2.75) is 56.8 Å². The minimum atomic E-state index is 0.258. The average molecular weight is 459 g/mol. The molecule has 5 fully saturated rings. The Morgan fingerprint density at radius 3 is 2.47 bits per heavy atom. The molecule has 5 heterocycles. The van der Waals surface area contributed by atoms with Crippen LogP contribution in [-0.2, 0) is 6.42 Å². The first kappa shape index (κ1) is 19.3. The number of hydrogen-bond donors (Lipinski definition) is 1. The molecule has 0 atom stereocenters. The number of amides is 2. The maximum atomic E-state index is 13.0. The Morgan fingerprint density at radius 2 is 1.74 bits per heavy atom. The third-order valence-corrected chi connectivity index (χ3v) is 9.16. The number of pyridine rings is 1. The van der Waals surface area contributed by atoms with Gasteiger partial charge in [-0.25, -0.2) is 19.3 Å². The Bertz CT molecular complexity index is 1260. The first-order valence-corrected chi connectivity index (χ1v) is 12.8. The molecule has 1 N–H and O–H groups in total. The summed E-state index contributed by atoms with van der Waals surface area (Å²) in [4.78, 5) is 26.1. The average Bonchev–Trinajstić information content (AvgIpc) is 3.26. The number of urea groups is 1. The van der Waals surface area contributed by atoms with E-state index >= 15 is 0 Å². The first-order valence-electron chi connectivity index (χ1n) is 12.8. The highest BCUT2D eigenvalue weighted by Gasteiger charge is 2.58. The number of aromatic amines is 1. The third-order valence-electron chi connectivity index (χ3n) is 9.16. The van der Waals surface area contributed by atoms with Crippen LogP contribution in [0.15, 0.2) is 24.7 Å². The Morgan fingerprint density at radius 1 is 1.00 bits per heavy atom. The van der Waals surface area contributed by atoms with Gasteiger partial charge < -0.3 is 9.80 Å². The zero-order chi connectivity index (χ0) is 22.5. The van der Waals surface area contributed by atoms with E-state index in [0.717, 1.165) is 62.7 Å². The third kappa shape index (κ3) is 2.94. The first-order chi connectivity index (χ1) is 16.6. The lowest BCUT2D eigenvalue weighted by Crippen LogP contribution is -2.70. The van der Waals surface area contributed by atoms with E-state index < -0.39 is 0 Å². The monoisotopic (exact) mass is 458 g/mol. The molecule has 2 aliphatic heterocycles. The van der Waals surface area contributed by atoms with Crippen molar-refractivity contribution in [2.24, 2.45) is 16.7 Å². The molecule has 3 saturated carbocycles. The summed E-state index contributed by atoms with van der Waals surface area (Å²) < 4.78 is 1.86. The summed E-state index contributed by atoms with van der Waals surface area (Å²) in [5, 5.41) is 11.9. The predicted molar refractivity (Wildman–Crippen MR) is 123 cm³/mol. The highest BCUT2D eigenvalue weighted by molar-refractivity contribution is 5.77. The van der Waals surface area contributed by atoms with Gasteiger partial charge in [0.2, 0.25) is 0 Å². The second kappa shape index (κ2) is 6.58. The van der Waals surface area contributed by atoms with Crippen LogP contribution in [-0.4, -0.2) is 71.8 Å². The number of carbonyl (C=O) groups is 1. The van der Waals surface area contributed by atoms with Gasteiger partial charge in [0.25, 0.3) is 0 Å². The molecule has 9 heteroatoms. The van der Waals surface area contributed by atoms with Crippen LogP contribution in [0.4, 0.5) is 4.79 Å². The number of nitrogens with zero attached hydrogens (tertiary/aromatic N) is 7. The topological polar surface area (TPSA) is 95.3 Å². The fourth-order valence-corrected chi connectivity index (χ4v) is 7.31. The smallest absolute Gasteiger partial charge is 0.320 e. The molecule has 0 bridgehead atoms. The summed E-state index contributed by atoms with van der Waals surface area (Å²) >= 11 is 0. The van der Waals surface area contributed by atoms with Crippen molar-refractivity contribution in [2.75, 3.05) is 26.2 Å². The van der Waals surface area contributed by atoms with Crippen molar-refractivity contribution in [3.05, 3.63) is 41.9 Å². The quantitative estimate of drug-likeness (QED) is 0.649. The lowest BCUT2D eigenvalue weighted by molar-refractivity contribution is -0.100. The van der Waals surface area contributed by atoms with E-state index in [-0.39, 0.29) is 6.03 Å². The molecular formula is C25H30N8O. The number of fused-ring (bicyclic) bond motifs is 1. The van der Waals surface area contributed by atoms with Gasteiger partial charge in [0.05, 0.1) is 0 Å². The van der Waals surface area contributed by atoms with Crippen molar-refractivity contribution in [1.82, 2.24) is 39.6 Å². The molecular weight excluding hydrogens is 428 g/mol. The number of H-pyrrole nitrogens is 1. The standard InChI is InChI=1S/C25H30N8O/c34-23(32-13-25(14-32)8-19(9-25)22-28-21(29-30-22)18-2-3-18)31-11-24(12-31)6-17(7-24)5-16-1-4-20-26-15-27-33(20)10-16/h1,4,10,15,17-19H,2-3,5-9,11-14H2,(H,28,29,30). The Balaban J connectivity index is 0.796. The van der Waals surface area contributed by atoms with Gasteiger partial charge in [0.1, 0.15) is 12.2 Å². The van der Waals surface area contributed by atoms with Crippen LogP contribution in [0.25, 0.3) is 5.65 Å². The van der Waals surface area contributed by atoms with E-state index in [0.29, 0.717) is 28.6 Å². The van der Waals surface area contributed by atoms with E-state index in [1.165, 1.54) is 31.2 Å².